The second kappa shape index (κ2) is 9.34. The van der Waals surface area contributed by atoms with Crippen molar-refractivity contribution in [3.8, 4) is 0 Å². The molecule has 0 rings (SSSR count). The number of aliphatic hydroxyl groups excluding tert-OH is 1. The van der Waals surface area contributed by atoms with Gasteiger partial charge < -0.3 is 10.2 Å². The van der Waals surface area contributed by atoms with Crippen LogP contribution in [0.3, 0.4) is 0 Å². The molecule has 0 aliphatic heterocycles. The molecule has 1 atom stereocenters. The summed E-state index contributed by atoms with van der Waals surface area (Å²) >= 11 is 1.73. The number of aliphatic carboxylic acids is 1. The molecule has 14 heavy (non-hydrogen) atoms. The molecule has 0 amide bonds. The minimum Gasteiger partial charge on any atom is -0.479 e. The van der Waals surface area contributed by atoms with Crippen LogP contribution in [0.2, 0.25) is 0 Å². The first-order valence-corrected chi connectivity index (χ1v) is 6.32. The van der Waals surface area contributed by atoms with Crippen molar-refractivity contribution in [3.05, 3.63) is 0 Å². The lowest BCUT2D eigenvalue weighted by Gasteiger charge is -2.04. The van der Waals surface area contributed by atoms with Gasteiger partial charge in [0.25, 0.3) is 0 Å². The Kier molecular flexibility index (Phi) is 9.19. The minimum atomic E-state index is -1.18. The summed E-state index contributed by atoms with van der Waals surface area (Å²) < 4.78 is 0. The number of hydrogen-bond acceptors (Lipinski definition) is 3. The summed E-state index contributed by atoms with van der Waals surface area (Å²) in [4.78, 5) is 10.2. The molecule has 0 spiro atoms. The van der Waals surface area contributed by atoms with E-state index in [0.29, 0.717) is 6.42 Å². The molecule has 4 heteroatoms. The van der Waals surface area contributed by atoms with Gasteiger partial charge in [-0.05, 0) is 24.3 Å². The third kappa shape index (κ3) is 8.38. The van der Waals surface area contributed by atoms with Crippen LogP contribution in [-0.4, -0.2) is 33.8 Å². The van der Waals surface area contributed by atoms with E-state index < -0.39 is 12.1 Å². The first kappa shape index (κ1) is 13.8. The Morgan fingerprint density at radius 3 is 2.57 bits per heavy atom. The maximum absolute atomic E-state index is 10.2. The van der Waals surface area contributed by atoms with Crippen molar-refractivity contribution < 1.29 is 15.0 Å². The summed E-state index contributed by atoms with van der Waals surface area (Å²) in [5.74, 6) is 0.697. The van der Waals surface area contributed by atoms with E-state index in [2.05, 4.69) is 6.92 Å². The van der Waals surface area contributed by atoms with Gasteiger partial charge in [0.05, 0.1) is 0 Å². The van der Waals surface area contributed by atoms with Gasteiger partial charge in [-0.25, -0.2) is 4.79 Å². The maximum atomic E-state index is 10.2. The Labute approximate surface area is 89.9 Å². The van der Waals surface area contributed by atoms with Crippen molar-refractivity contribution >= 4 is 17.7 Å². The molecule has 0 aromatic rings. The molecule has 0 bridgehead atoms. The second-order valence-electron chi connectivity index (χ2n) is 3.32. The van der Waals surface area contributed by atoms with Gasteiger partial charge in [-0.2, -0.15) is 11.8 Å². The van der Waals surface area contributed by atoms with Crippen molar-refractivity contribution in [1.29, 1.82) is 0 Å². The topological polar surface area (TPSA) is 57.5 Å². The molecule has 0 saturated carbocycles. The highest BCUT2D eigenvalue weighted by molar-refractivity contribution is 7.99. The minimum absolute atomic E-state index is 0.355. The zero-order chi connectivity index (χ0) is 10.8. The van der Waals surface area contributed by atoms with E-state index in [1.54, 1.807) is 11.8 Å². The van der Waals surface area contributed by atoms with Crippen molar-refractivity contribution in [2.75, 3.05) is 11.5 Å². The third-order valence-electron chi connectivity index (χ3n) is 1.96. The standard InChI is InChI=1S/C10H20O3S/c1-2-3-4-5-7-14-8-6-9(11)10(12)13/h9,11H,2-8H2,1H3,(H,12,13). The molecule has 0 fully saturated rings. The number of carboxylic acid groups (broad SMARTS) is 1. The van der Waals surface area contributed by atoms with E-state index >= 15 is 0 Å². The van der Waals surface area contributed by atoms with Gasteiger partial charge in [-0.1, -0.05) is 26.2 Å². The summed E-state index contributed by atoms with van der Waals surface area (Å²) in [6.45, 7) is 2.18. The number of hydrogen-bond donors (Lipinski definition) is 2. The van der Waals surface area contributed by atoms with Gasteiger partial charge in [0, 0.05) is 0 Å². The molecule has 0 aliphatic rings. The number of thioether (sulfide) groups is 1. The van der Waals surface area contributed by atoms with Gasteiger partial charge in [0.15, 0.2) is 6.10 Å². The summed E-state index contributed by atoms with van der Waals surface area (Å²) in [5.41, 5.74) is 0. The van der Waals surface area contributed by atoms with Crippen LogP contribution in [0.15, 0.2) is 0 Å². The van der Waals surface area contributed by atoms with Gasteiger partial charge in [0.2, 0.25) is 0 Å². The first-order valence-electron chi connectivity index (χ1n) is 5.17. The molecular formula is C10H20O3S. The van der Waals surface area contributed by atoms with E-state index in [1.807, 2.05) is 0 Å². The Morgan fingerprint density at radius 2 is 2.00 bits per heavy atom. The second-order valence-corrected chi connectivity index (χ2v) is 4.54. The predicted octanol–water partition coefficient (Wildman–Crippen LogP) is 2.14. The molecule has 0 aromatic carbocycles. The van der Waals surface area contributed by atoms with Crippen LogP contribution in [-0.2, 0) is 4.79 Å². The Balaban J connectivity index is 3.09. The van der Waals surface area contributed by atoms with Gasteiger partial charge in [-0.15, -0.1) is 0 Å². The van der Waals surface area contributed by atoms with Gasteiger partial charge >= 0.3 is 5.97 Å². The molecule has 0 aromatic heterocycles. The van der Waals surface area contributed by atoms with Crippen LogP contribution in [0.5, 0.6) is 0 Å². The zero-order valence-electron chi connectivity index (χ0n) is 8.74. The van der Waals surface area contributed by atoms with Crippen LogP contribution >= 0.6 is 11.8 Å². The van der Waals surface area contributed by atoms with Gasteiger partial charge in [0.1, 0.15) is 0 Å². The fourth-order valence-electron chi connectivity index (χ4n) is 1.05. The van der Waals surface area contributed by atoms with Crippen molar-refractivity contribution in [3.63, 3.8) is 0 Å². The van der Waals surface area contributed by atoms with Crippen molar-refractivity contribution in [2.45, 2.75) is 45.1 Å². The number of carboxylic acids is 1. The van der Waals surface area contributed by atoms with Crippen LogP contribution in [0.4, 0.5) is 0 Å². The van der Waals surface area contributed by atoms with Crippen LogP contribution < -0.4 is 0 Å². The number of unbranched alkanes of at least 4 members (excludes halogenated alkanes) is 3. The summed E-state index contributed by atoms with van der Waals surface area (Å²) in [5, 5.41) is 17.3. The van der Waals surface area contributed by atoms with Crippen molar-refractivity contribution in [2.24, 2.45) is 0 Å². The molecular weight excluding hydrogens is 200 g/mol. The normalized spacial score (nSPS) is 12.7. The smallest absolute Gasteiger partial charge is 0.332 e. The fraction of sp³-hybridized carbons (Fsp3) is 0.900. The molecule has 0 aliphatic carbocycles. The fourth-order valence-corrected chi connectivity index (χ4v) is 2.05. The number of aliphatic hydroxyl groups is 1. The average molecular weight is 220 g/mol. The van der Waals surface area contributed by atoms with E-state index in [4.69, 9.17) is 10.2 Å². The third-order valence-corrected chi connectivity index (χ3v) is 3.06. The molecule has 1 unspecified atom stereocenters. The molecule has 2 N–H and O–H groups in total. The van der Waals surface area contributed by atoms with E-state index in [1.165, 1.54) is 25.7 Å². The maximum Gasteiger partial charge on any atom is 0.332 e. The predicted molar refractivity (Wildman–Crippen MR) is 59.7 cm³/mol. The highest BCUT2D eigenvalue weighted by atomic mass is 32.2. The summed E-state index contributed by atoms with van der Waals surface area (Å²) in [6, 6.07) is 0. The van der Waals surface area contributed by atoms with E-state index in [0.717, 1.165) is 11.5 Å². The molecule has 0 heterocycles. The monoisotopic (exact) mass is 220 g/mol. The van der Waals surface area contributed by atoms with Gasteiger partial charge in [-0.3, -0.25) is 0 Å². The SMILES string of the molecule is CCCCCCSCCC(O)C(=O)O. The summed E-state index contributed by atoms with van der Waals surface area (Å²) in [7, 11) is 0. The lowest BCUT2D eigenvalue weighted by atomic mass is 10.2. The van der Waals surface area contributed by atoms with E-state index in [-0.39, 0.29) is 0 Å². The lowest BCUT2D eigenvalue weighted by molar-refractivity contribution is -0.146. The Hall–Kier alpha value is -0.220. The molecule has 0 radical (unpaired) electrons. The molecule has 0 saturated heterocycles. The zero-order valence-corrected chi connectivity index (χ0v) is 9.55. The molecule has 84 valence electrons. The van der Waals surface area contributed by atoms with E-state index in [9.17, 15) is 4.79 Å². The van der Waals surface area contributed by atoms with Crippen LogP contribution in [0, 0.1) is 0 Å². The molecule has 3 nitrogen and oxygen atoms in total. The highest BCUT2D eigenvalue weighted by Crippen LogP contribution is 2.09. The quantitative estimate of drug-likeness (QED) is 0.584. The first-order chi connectivity index (χ1) is 6.68. The Bertz CT molecular complexity index is 150. The highest BCUT2D eigenvalue weighted by Gasteiger charge is 2.11. The largest absolute Gasteiger partial charge is 0.479 e. The van der Waals surface area contributed by atoms with Crippen LogP contribution in [0.25, 0.3) is 0 Å². The Morgan fingerprint density at radius 1 is 1.29 bits per heavy atom. The average Bonchev–Trinajstić information content (AvgIpc) is 2.16. The van der Waals surface area contributed by atoms with Crippen molar-refractivity contribution in [1.82, 2.24) is 0 Å². The number of carbonyl (C=O) groups is 1. The van der Waals surface area contributed by atoms with Crippen LogP contribution in [0.1, 0.15) is 39.0 Å². The number of rotatable bonds is 9. The summed E-state index contributed by atoms with van der Waals surface area (Å²) in [6.07, 6.45) is 4.14. The lowest BCUT2D eigenvalue weighted by Crippen LogP contribution is -2.19.